The summed E-state index contributed by atoms with van der Waals surface area (Å²) in [6.07, 6.45) is 9.19. The second kappa shape index (κ2) is 12.2. The Kier molecular flexibility index (Phi) is 9.83. The molecule has 3 fully saturated rings. The SMILES string of the molecule is C=CCN(CCC)C(=O)[C@@H]1[C@H]2C(=O)N(CCCCCCO)C(C(=O)N(CC=C)C(C)(C)C)C23CC[C@@]1(C)S3. The Morgan fingerprint density at radius 3 is 2.34 bits per heavy atom. The molecule has 0 saturated carbocycles. The van der Waals surface area contributed by atoms with Crippen LogP contribution in [0.1, 0.15) is 79.6 Å². The van der Waals surface area contributed by atoms with Gasteiger partial charge in [0.2, 0.25) is 17.7 Å². The van der Waals surface area contributed by atoms with E-state index in [1.807, 2.05) is 35.5 Å². The van der Waals surface area contributed by atoms with Crippen LogP contribution in [0.4, 0.5) is 0 Å². The lowest BCUT2D eigenvalue weighted by Gasteiger charge is -2.42. The second-order valence-electron chi connectivity index (χ2n) is 12.4. The van der Waals surface area contributed by atoms with Crippen LogP contribution in [0.5, 0.6) is 0 Å². The van der Waals surface area contributed by atoms with Crippen LogP contribution in [0.3, 0.4) is 0 Å². The van der Waals surface area contributed by atoms with E-state index in [1.54, 1.807) is 23.9 Å². The van der Waals surface area contributed by atoms with Crippen molar-refractivity contribution in [2.45, 2.75) is 101 Å². The fraction of sp³-hybridized carbons (Fsp3) is 0.767. The lowest BCUT2D eigenvalue weighted by atomic mass is 9.66. The van der Waals surface area contributed by atoms with Crippen LogP contribution < -0.4 is 0 Å². The first kappa shape index (κ1) is 30.7. The van der Waals surface area contributed by atoms with E-state index >= 15 is 0 Å². The predicted molar refractivity (Wildman–Crippen MR) is 155 cm³/mol. The van der Waals surface area contributed by atoms with Crippen molar-refractivity contribution in [2.24, 2.45) is 11.8 Å². The van der Waals surface area contributed by atoms with Crippen LogP contribution in [0, 0.1) is 11.8 Å². The molecule has 3 saturated heterocycles. The third-order valence-corrected chi connectivity index (χ3v) is 10.6. The first-order chi connectivity index (χ1) is 17.9. The van der Waals surface area contributed by atoms with Crippen LogP contribution in [0.2, 0.25) is 0 Å². The number of aliphatic hydroxyl groups excluding tert-OH is 1. The molecule has 2 unspecified atom stereocenters. The highest BCUT2D eigenvalue weighted by Crippen LogP contribution is 2.71. The van der Waals surface area contributed by atoms with Crippen LogP contribution >= 0.6 is 11.8 Å². The van der Waals surface area contributed by atoms with Gasteiger partial charge in [-0.1, -0.05) is 31.9 Å². The van der Waals surface area contributed by atoms with Crippen molar-refractivity contribution in [1.82, 2.24) is 14.7 Å². The molecule has 2 bridgehead atoms. The molecule has 0 aliphatic carbocycles. The molecule has 214 valence electrons. The number of hydrogen-bond acceptors (Lipinski definition) is 5. The summed E-state index contributed by atoms with van der Waals surface area (Å²) in [7, 11) is 0. The summed E-state index contributed by atoms with van der Waals surface area (Å²) in [5.41, 5.74) is -0.432. The van der Waals surface area contributed by atoms with Crippen molar-refractivity contribution in [3.05, 3.63) is 25.3 Å². The van der Waals surface area contributed by atoms with E-state index in [2.05, 4.69) is 27.0 Å². The minimum atomic E-state index is -0.606. The largest absolute Gasteiger partial charge is 0.396 e. The number of aliphatic hydroxyl groups is 1. The summed E-state index contributed by atoms with van der Waals surface area (Å²) < 4.78 is -0.980. The number of unbranched alkanes of at least 4 members (excludes halogenated alkanes) is 3. The monoisotopic (exact) mass is 547 g/mol. The van der Waals surface area contributed by atoms with Crippen LogP contribution in [0.25, 0.3) is 0 Å². The number of amides is 3. The van der Waals surface area contributed by atoms with Crippen molar-refractivity contribution in [2.75, 3.05) is 32.8 Å². The van der Waals surface area contributed by atoms with E-state index < -0.39 is 28.2 Å². The standard InChI is InChI=1S/C30H49N3O4S/c1-8-17-31(18-9-2)25(35)22-23-26(36)32(20-13-11-12-14-21-34)24(30(23)16-15-29(22,7)38-30)27(37)33(19-10-3)28(4,5)6/h8,10,22-24,34H,1,3,9,11-21H2,2,4-7H3/t22-,23-,24?,29+,30?/m0/s1. The zero-order chi connectivity index (χ0) is 28.3. The number of likely N-dealkylation sites (tertiary alicyclic amines) is 1. The number of thioether (sulfide) groups is 1. The molecular formula is C30H49N3O4S. The Balaban J connectivity index is 2.04. The number of nitrogens with zero attached hydrogens (tertiary/aromatic N) is 3. The van der Waals surface area contributed by atoms with E-state index in [0.29, 0.717) is 26.2 Å². The van der Waals surface area contributed by atoms with Gasteiger partial charge in [0.15, 0.2) is 0 Å². The molecule has 0 aromatic heterocycles. The lowest BCUT2D eigenvalue weighted by Crippen LogP contribution is -2.59. The molecule has 0 aromatic rings. The number of hydrogen-bond donors (Lipinski definition) is 1. The highest BCUT2D eigenvalue weighted by Gasteiger charge is 2.77. The molecule has 8 heteroatoms. The summed E-state index contributed by atoms with van der Waals surface area (Å²) in [6.45, 7) is 20.1. The second-order valence-corrected chi connectivity index (χ2v) is 14.3. The summed E-state index contributed by atoms with van der Waals surface area (Å²) in [5.74, 6) is -0.999. The molecule has 5 atom stereocenters. The number of carbonyl (C=O) groups excluding carboxylic acids is 3. The van der Waals surface area contributed by atoms with Gasteiger partial charge in [0.1, 0.15) is 6.04 Å². The van der Waals surface area contributed by atoms with Gasteiger partial charge in [-0.05, 0) is 59.8 Å². The molecule has 1 N–H and O–H groups in total. The van der Waals surface area contributed by atoms with Gasteiger partial charge in [-0.3, -0.25) is 14.4 Å². The Labute approximate surface area is 234 Å². The molecule has 3 heterocycles. The summed E-state index contributed by atoms with van der Waals surface area (Å²) in [4.78, 5) is 48.4. The van der Waals surface area contributed by atoms with Gasteiger partial charge in [-0.25, -0.2) is 0 Å². The summed E-state index contributed by atoms with van der Waals surface area (Å²) in [6, 6.07) is -0.597. The Hall–Kier alpha value is -1.80. The van der Waals surface area contributed by atoms with Crippen molar-refractivity contribution in [3.63, 3.8) is 0 Å². The molecule has 7 nitrogen and oxygen atoms in total. The highest BCUT2D eigenvalue weighted by atomic mass is 32.2. The Morgan fingerprint density at radius 1 is 1.11 bits per heavy atom. The minimum Gasteiger partial charge on any atom is -0.396 e. The van der Waals surface area contributed by atoms with E-state index in [9.17, 15) is 14.4 Å². The Bertz CT molecular complexity index is 918. The quantitative estimate of drug-likeness (QED) is 0.260. The van der Waals surface area contributed by atoms with Gasteiger partial charge >= 0.3 is 0 Å². The Morgan fingerprint density at radius 2 is 1.76 bits per heavy atom. The van der Waals surface area contributed by atoms with Crippen LogP contribution in [-0.2, 0) is 14.4 Å². The minimum absolute atomic E-state index is 0.0245. The average Bonchev–Trinajstić information content (AvgIpc) is 3.41. The van der Waals surface area contributed by atoms with Crippen molar-refractivity contribution in [1.29, 1.82) is 0 Å². The van der Waals surface area contributed by atoms with E-state index in [0.717, 1.165) is 44.9 Å². The fourth-order valence-electron chi connectivity index (χ4n) is 6.95. The van der Waals surface area contributed by atoms with Gasteiger partial charge in [0.25, 0.3) is 0 Å². The lowest BCUT2D eigenvalue weighted by molar-refractivity contribution is -0.146. The normalized spacial score (nSPS) is 29.9. The number of fused-ring (bicyclic) bond motifs is 1. The van der Waals surface area contributed by atoms with Crippen molar-refractivity contribution in [3.8, 4) is 0 Å². The van der Waals surface area contributed by atoms with Gasteiger partial charge in [-0.2, -0.15) is 0 Å². The maximum absolute atomic E-state index is 14.4. The zero-order valence-electron chi connectivity index (χ0n) is 24.2. The van der Waals surface area contributed by atoms with Crippen molar-refractivity contribution >= 4 is 29.5 Å². The van der Waals surface area contributed by atoms with Crippen LogP contribution in [-0.4, -0.2) is 91.4 Å². The molecule has 0 radical (unpaired) electrons. The predicted octanol–water partition coefficient (Wildman–Crippen LogP) is 4.26. The van der Waals surface area contributed by atoms with E-state index in [-0.39, 0.29) is 29.1 Å². The number of rotatable bonds is 14. The topological polar surface area (TPSA) is 81.2 Å². The van der Waals surface area contributed by atoms with E-state index in [1.165, 1.54) is 0 Å². The third kappa shape index (κ3) is 5.45. The molecule has 3 aliphatic heterocycles. The van der Waals surface area contributed by atoms with Crippen LogP contribution in [0.15, 0.2) is 25.3 Å². The maximum Gasteiger partial charge on any atom is 0.247 e. The highest BCUT2D eigenvalue weighted by molar-refractivity contribution is 8.02. The maximum atomic E-state index is 14.4. The van der Waals surface area contributed by atoms with E-state index in [4.69, 9.17) is 5.11 Å². The van der Waals surface area contributed by atoms with Crippen molar-refractivity contribution < 1.29 is 19.5 Å². The average molecular weight is 548 g/mol. The molecule has 1 spiro atoms. The number of carbonyl (C=O) groups is 3. The summed E-state index contributed by atoms with van der Waals surface area (Å²) >= 11 is 1.74. The first-order valence-electron chi connectivity index (χ1n) is 14.4. The zero-order valence-corrected chi connectivity index (χ0v) is 25.0. The first-order valence-corrected chi connectivity index (χ1v) is 15.2. The molecule has 3 amide bonds. The molecule has 3 rings (SSSR count). The molecule has 3 aliphatic rings. The molecule has 0 aromatic carbocycles. The van der Waals surface area contributed by atoms with Gasteiger partial charge in [0.05, 0.1) is 16.6 Å². The fourth-order valence-corrected chi connectivity index (χ4v) is 9.30. The molecule has 38 heavy (non-hydrogen) atoms. The smallest absolute Gasteiger partial charge is 0.247 e. The summed E-state index contributed by atoms with van der Waals surface area (Å²) in [5, 5.41) is 9.16. The van der Waals surface area contributed by atoms with Gasteiger partial charge in [0, 0.05) is 43.1 Å². The van der Waals surface area contributed by atoms with Gasteiger partial charge < -0.3 is 19.8 Å². The van der Waals surface area contributed by atoms with Gasteiger partial charge in [-0.15, -0.1) is 24.9 Å². The third-order valence-electron chi connectivity index (χ3n) is 8.63. The molecular weight excluding hydrogens is 498 g/mol.